The van der Waals surface area contributed by atoms with Gasteiger partial charge in [-0.05, 0) is 67.8 Å². The minimum absolute atomic E-state index is 0.130. The van der Waals surface area contributed by atoms with Gasteiger partial charge in [0, 0.05) is 36.4 Å². The zero-order valence-electron chi connectivity index (χ0n) is 17.7. The molecule has 152 valence electrons. The lowest BCUT2D eigenvalue weighted by Crippen LogP contribution is -2.25. The zero-order valence-corrected chi connectivity index (χ0v) is 18.6. The first-order valence-corrected chi connectivity index (χ1v) is 10.5. The van der Waals surface area contributed by atoms with Crippen LogP contribution in [0.25, 0.3) is 0 Å². The molecular formula is C23H31NO3S. The summed E-state index contributed by atoms with van der Waals surface area (Å²) in [7, 11) is 3.55. The second-order valence-corrected chi connectivity index (χ2v) is 8.58. The van der Waals surface area contributed by atoms with Gasteiger partial charge in [0.15, 0.2) is 0 Å². The number of ether oxygens (including phenoxy) is 2. The van der Waals surface area contributed by atoms with Crippen molar-refractivity contribution in [1.29, 1.82) is 0 Å². The molecular weight excluding hydrogens is 370 g/mol. The van der Waals surface area contributed by atoms with Crippen LogP contribution >= 0.6 is 11.8 Å². The molecule has 0 aliphatic rings. The molecule has 1 amide bonds. The molecule has 2 aromatic carbocycles. The first-order valence-electron chi connectivity index (χ1n) is 9.67. The third kappa shape index (κ3) is 6.01. The number of anilines is 1. The molecule has 0 bridgehead atoms. The van der Waals surface area contributed by atoms with Crippen LogP contribution in [0.3, 0.4) is 0 Å². The Bertz CT molecular complexity index is 766. The fourth-order valence-corrected chi connectivity index (χ4v) is 3.97. The normalized spacial score (nSPS) is 11.9. The Morgan fingerprint density at radius 1 is 1.14 bits per heavy atom. The highest BCUT2D eigenvalue weighted by Crippen LogP contribution is 2.34. The summed E-state index contributed by atoms with van der Waals surface area (Å²) >= 11 is 1.78. The minimum atomic E-state index is 0.130. The van der Waals surface area contributed by atoms with Gasteiger partial charge in [-0.2, -0.15) is 0 Å². The molecule has 0 aliphatic heterocycles. The molecule has 0 aliphatic carbocycles. The molecule has 0 aromatic heterocycles. The van der Waals surface area contributed by atoms with E-state index in [-0.39, 0.29) is 5.91 Å². The van der Waals surface area contributed by atoms with Crippen LogP contribution in [0.4, 0.5) is 5.69 Å². The molecule has 0 N–H and O–H groups in total. The number of benzene rings is 2. The highest BCUT2D eigenvalue weighted by Gasteiger charge is 2.14. The highest BCUT2D eigenvalue weighted by molar-refractivity contribution is 8.00. The summed E-state index contributed by atoms with van der Waals surface area (Å²) in [5.74, 6) is 1.78. The van der Waals surface area contributed by atoms with Crippen molar-refractivity contribution >= 4 is 23.4 Å². The Labute approximate surface area is 173 Å². The largest absolute Gasteiger partial charge is 0.457 e. The molecule has 5 heteroatoms. The smallest absolute Gasteiger partial charge is 0.226 e. The summed E-state index contributed by atoms with van der Waals surface area (Å²) in [4.78, 5) is 15.1. The monoisotopic (exact) mass is 401 g/mol. The van der Waals surface area contributed by atoms with Crippen molar-refractivity contribution in [2.24, 2.45) is 0 Å². The zero-order chi connectivity index (χ0) is 20.7. The third-order valence-corrected chi connectivity index (χ3v) is 5.54. The maximum Gasteiger partial charge on any atom is 0.226 e. The van der Waals surface area contributed by atoms with E-state index >= 15 is 0 Å². The van der Waals surface area contributed by atoms with Crippen molar-refractivity contribution < 1.29 is 14.3 Å². The maximum absolute atomic E-state index is 12.2. The summed E-state index contributed by atoms with van der Waals surface area (Å²) in [6.07, 6.45) is 1.40. The lowest BCUT2D eigenvalue weighted by Gasteiger charge is -2.20. The van der Waals surface area contributed by atoms with Gasteiger partial charge in [-0.25, -0.2) is 0 Å². The predicted molar refractivity (Wildman–Crippen MR) is 118 cm³/mol. The van der Waals surface area contributed by atoms with Crippen molar-refractivity contribution in [3.8, 4) is 11.5 Å². The van der Waals surface area contributed by atoms with Crippen LogP contribution < -0.4 is 9.64 Å². The molecule has 2 rings (SSSR count). The number of carbonyl (C=O) groups is 1. The molecule has 0 saturated carbocycles. The first kappa shape index (κ1) is 22.3. The SMILES string of the molecule is CCCC(=O)N(C)c1cc(C)c(Oc2ccc(SC(C)COC)cc2)c(C)c1. The Morgan fingerprint density at radius 2 is 1.75 bits per heavy atom. The molecule has 1 atom stereocenters. The fourth-order valence-electron chi connectivity index (χ4n) is 3.01. The number of aryl methyl sites for hydroxylation is 2. The van der Waals surface area contributed by atoms with Gasteiger partial charge in [-0.1, -0.05) is 13.8 Å². The molecule has 0 saturated heterocycles. The number of hydrogen-bond donors (Lipinski definition) is 0. The number of amides is 1. The molecule has 4 nitrogen and oxygen atoms in total. The average molecular weight is 402 g/mol. The van der Waals surface area contributed by atoms with Crippen LogP contribution in [0.5, 0.6) is 11.5 Å². The maximum atomic E-state index is 12.2. The summed E-state index contributed by atoms with van der Waals surface area (Å²) < 4.78 is 11.3. The molecule has 2 aromatic rings. The van der Waals surface area contributed by atoms with Crippen LogP contribution in [0.1, 0.15) is 37.8 Å². The van der Waals surface area contributed by atoms with Crippen LogP contribution in [0.2, 0.25) is 0 Å². The van der Waals surface area contributed by atoms with Crippen LogP contribution in [0.15, 0.2) is 41.3 Å². The van der Waals surface area contributed by atoms with Crippen LogP contribution in [-0.2, 0) is 9.53 Å². The van der Waals surface area contributed by atoms with E-state index in [2.05, 4.69) is 19.1 Å². The van der Waals surface area contributed by atoms with E-state index in [1.54, 1.807) is 23.8 Å². The van der Waals surface area contributed by atoms with E-state index in [0.29, 0.717) is 11.7 Å². The van der Waals surface area contributed by atoms with Crippen LogP contribution in [-0.4, -0.2) is 31.9 Å². The Kier molecular flexibility index (Phi) is 8.39. The number of nitrogens with zero attached hydrogens (tertiary/aromatic N) is 1. The Balaban J connectivity index is 2.13. The van der Waals surface area contributed by atoms with E-state index in [4.69, 9.17) is 9.47 Å². The summed E-state index contributed by atoms with van der Waals surface area (Å²) in [5.41, 5.74) is 2.93. The Hall–Kier alpha value is -1.98. The molecule has 0 radical (unpaired) electrons. The van der Waals surface area contributed by atoms with Gasteiger partial charge < -0.3 is 14.4 Å². The van der Waals surface area contributed by atoms with E-state index in [0.717, 1.165) is 41.3 Å². The number of carbonyl (C=O) groups excluding carboxylic acids is 1. The van der Waals surface area contributed by atoms with Crippen molar-refractivity contribution in [3.63, 3.8) is 0 Å². The fraction of sp³-hybridized carbons (Fsp3) is 0.435. The molecule has 28 heavy (non-hydrogen) atoms. The standard InChI is InChI=1S/C23H31NO3S/c1-7-8-22(25)24(5)19-13-16(2)23(17(3)14-19)27-20-9-11-21(12-10-20)28-18(4)15-26-6/h9-14,18H,7-8,15H2,1-6H3. The summed E-state index contributed by atoms with van der Waals surface area (Å²) in [6, 6.07) is 12.1. The molecule has 0 heterocycles. The van der Waals surface area contributed by atoms with Crippen molar-refractivity contribution in [2.45, 2.75) is 50.7 Å². The van der Waals surface area contributed by atoms with Gasteiger partial charge in [0.2, 0.25) is 5.91 Å². The minimum Gasteiger partial charge on any atom is -0.457 e. The summed E-state index contributed by atoms with van der Waals surface area (Å²) in [5, 5.41) is 0.404. The van der Waals surface area contributed by atoms with Gasteiger partial charge in [0.1, 0.15) is 11.5 Å². The second-order valence-electron chi connectivity index (χ2n) is 7.07. The first-order chi connectivity index (χ1) is 13.3. The molecule has 1 unspecified atom stereocenters. The quantitative estimate of drug-likeness (QED) is 0.484. The van der Waals surface area contributed by atoms with Crippen molar-refractivity contribution in [1.82, 2.24) is 0 Å². The number of hydrogen-bond acceptors (Lipinski definition) is 4. The number of thioether (sulfide) groups is 1. The van der Waals surface area contributed by atoms with Gasteiger partial charge >= 0.3 is 0 Å². The van der Waals surface area contributed by atoms with Gasteiger partial charge in [-0.15, -0.1) is 11.8 Å². The third-order valence-electron chi connectivity index (χ3n) is 4.45. The van der Waals surface area contributed by atoms with E-state index < -0.39 is 0 Å². The number of methoxy groups -OCH3 is 1. The van der Waals surface area contributed by atoms with Gasteiger partial charge in [0.25, 0.3) is 0 Å². The Morgan fingerprint density at radius 3 is 2.29 bits per heavy atom. The van der Waals surface area contributed by atoms with E-state index in [1.165, 1.54) is 4.90 Å². The topological polar surface area (TPSA) is 38.8 Å². The van der Waals surface area contributed by atoms with Crippen molar-refractivity contribution in [3.05, 3.63) is 47.5 Å². The van der Waals surface area contributed by atoms with E-state index in [9.17, 15) is 4.79 Å². The lowest BCUT2D eigenvalue weighted by atomic mass is 10.1. The molecule has 0 spiro atoms. The van der Waals surface area contributed by atoms with Gasteiger partial charge in [-0.3, -0.25) is 4.79 Å². The van der Waals surface area contributed by atoms with Crippen LogP contribution in [0, 0.1) is 13.8 Å². The molecule has 0 fully saturated rings. The predicted octanol–water partition coefficient (Wildman–Crippen LogP) is 5.99. The lowest BCUT2D eigenvalue weighted by molar-refractivity contribution is -0.118. The summed E-state index contributed by atoms with van der Waals surface area (Å²) in [6.45, 7) is 8.92. The van der Waals surface area contributed by atoms with E-state index in [1.807, 2.05) is 52.1 Å². The van der Waals surface area contributed by atoms with Gasteiger partial charge in [0.05, 0.1) is 6.61 Å². The number of rotatable bonds is 9. The highest BCUT2D eigenvalue weighted by atomic mass is 32.2. The second kappa shape index (κ2) is 10.5. The van der Waals surface area contributed by atoms with Crippen molar-refractivity contribution in [2.75, 3.05) is 25.7 Å². The average Bonchev–Trinajstić information content (AvgIpc) is 2.65.